The molecule has 0 aromatic heterocycles. The Kier molecular flexibility index (Phi) is 6.70. The average Bonchev–Trinajstić information content (AvgIpc) is 3.39. The quantitative estimate of drug-likeness (QED) is 0.638. The van der Waals surface area contributed by atoms with Crippen molar-refractivity contribution in [2.24, 2.45) is 0 Å². The van der Waals surface area contributed by atoms with Crippen LogP contribution in [0.25, 0.3) is 11.5 Å². The summed E-state index contributed by atoms with van der Waals surface area (Å²) >= 11 is 0. The first-order valence-electron chi connectivity index (χ1n) is 9.51. The second kappa shape index (κ2) is 9.21. The van der Waals surface area contributed by atoms with E-state index in [2.05, 4.69) is 20.3 Å². The lowest BCUT2D eigenvalue weighted by molar-refractivity contribution is -0.0260. The van der Waals surface area contributed by atoms with Crippen LogP contribution in [0.15, 0.2) is 36.9 Å². The lowest BCUT2D eigenvalue weighted by atomic mass is 10.1. The highest BCUT2D eigenvalue weighted by molar-refractivity contribution is 5.85. The Balaban J connectivity index is 0.00000225. The Labute approximate surface area is 171 Å². The van der Waals surface area contributed by atoms with Gasteiger partial charge in [0, 0.05) is 12.1 Å². The molecule has 28 heavy (non-hydrogen) atoms. The Morgan fingerprint density at radius 2 is 1.89 bits per heavy atom. The van der Waals surface area contributed by atoms with E-state index in [1.54, 1.807) is 19.8 Å². The van der Waals surface area contributed by atoms with Crippen LogP contribution < -0.4 is 10.1 Å². The van der Waals surface area contributed by atoms with Crippen molar-refractivity contribution < 1.29 is 9.47 Å². The molecule has 1 aliphatic carbocycles. The highest BCUT2D eigenvalue weighted by atomic mass is 35.5. The fraction of sp³-hybridized carbons (Fsp3) is 0.450. The van der Waals surface area contributed by atoms with Crippen molar-refractivity contribution in [2.75, 3.05) is 19.0 Å². The molecule has 0 spiro atoms. The zero-order valence-corrected chi connectivity index (χ0v) is 17.0. The number of benzene rings is 1. The van der Waals surface area contributed by atoms with Crippen LogP contribution in [-0.2, 0) is 4.74 Å². The summed E-state index contributed by atoms with van der Waals surface area (Å²) in [5.41, 5.74) is 1.79. The summed E-state index contributed by atoms with van der Waals surface area (Å²) in [5.74, 6) is 2.33. The second-order valence-corrected chi connectivity index (χ2v) is 6.74. The van der Waals surface area contributed by atoms with E-state index in [4.69, 9.17) is 9.47 Å². The molecule has 0 radical (unpaired) electrons. The van der Waals surface area contributed by atoms with Crippen LogP contribution in [0.2, 0.25) is 0 Å². The van der Waals surface area contributed by atoms with Gasteiger partial charge in [0.2, 0.25) is 0 Å². The van der Waals surface area contributed by atoms with E-state index in [0.717, 1.165) is 48.0 Å². The molecule has 4 rings (SSSR count). The number of imidazole rings is 1. The van der Waals surface area contributed by atoms with Crippen LogP contribution in [-0.4, -0.2) is 39.3 Å². The SMILES string of the molecule is CCNc1ncn(C(OC2CCCC2)c2ccc(OC)cc2)c2ncnc1-2.Cl. The lowest BCUT2D eigenvalue weighted by Crippen LogP contribution is -2.23. The van der Waals surface area contributed by atoms with Crippen molar-refractivity contribution in [1.82, 2.24) is 19.5 Å². The highest BCUT2D eigenvalue weighted by Crippen LogP contribution is 2.34. The van der Waals surface area contributed by atoms with Gasteiger partial charge in [-0.3, -0.25) is 4.57 Å². The number of aromatic nitrogens is 4. The van der Waals surface area contributed by atoms with E-state index in [9.17, 15) is 0 Å². The summed E-state index contributed by atoms with van der Waals surface area (Å²) < 4.78 is 13.8. The molecular formula is C20H26ClN5O2. The molecule has 0 bridgehead atoms. The van der Waals surface area contributed by atoms with Crippen LogP contribution in [0.5, 0.6) is 5.75 Å². The molecule has 8 heteroatoms. The number of anilines is 1. The largest absolute Gasteiger partial charge is 0.497 e. The van der Waals surface area contributed by atoms with Gasteiger partial charge in [-0.1, -0.05) is 25.0 Å². The number of hydrogen-bond acceptors (Lipinski definition) is 6. The number of rotatable bonds is 7. The second-order valence-electron chi connectivity index (χ2n) is 6.74. The molecule has 2 aliphatic heterocycles. The topological polar surface area (TPSA) is 74.1 Å². The number of methoxy groups -OCH3 is 1. The third-order valence-corrected chi connectivity index (χ3v) is 4.98. The Hall–Kier alpha value is -2.38. The standard InChI is InChI=1S/C20H25N5O2.ClH/c1-3-21-18-17-19(23-12-22-17)25(13-24-18)20(27-16-6-4-5-7-16)14-8-10-15(26-2)11-9-14;/h8-13,16,20-21H,3-7H2,1-2H3;1H. The van der Waals surface area contributed by atoms with Crippen LogP contribution >= 0.6 is 12.4 Å². The maximum atomic E-state index is 6.53. The van der Waals surface area contributed by atoms with E-state index in [0.29, 0.717) is 0 Å². The molecule has 1 aromatic rings. The predicted octanol–water partition coefficient (Wildman–Crippen LogP) is 4.15. The summed E-state index contributed by atoms with van der Waals surface area (Å²) in [5, 5.41) is 3.25. The molecule has 0 saturated heterocycles. The summed E-state index contributed by atoms with van der Waals surface area (Å²) in [7, 11) is 1.67. The highest BCUT2D eigenvalue weighted by Gasteiger charge is 2.27. The van der Waals surface area contributed by atoms with Gasteiger partial charge < -0.3 is 14.8 Å². The number of halogens is 1. The third kappa shape index (κ3) is 4.05. The van der Waals surface area contributed by atoms with Gasteiger partial charge in [0.1, 0.15) is 18.4 Å². The van der Waals surface area contributed by atoms with E-state index >= 15 is 0 Å². The number of nitrogens with zero attached hydrogens (tertiary/aromatic N) is 4. The fourth-order valence-electron chi connectivity index (χ4n) is 3.60. The summed E-state index contributed by atoms with van der Waals surface area (Å²) in [6, 6.07) is 7.97. The maximum Gasteiger partial charge on any atom is 0.167 e. The smallest absolute Gasteiger partial charge is 0.167 e. The van der Waals surface area contributed by atoms with Crippen molar-refractivity contribution in [1.29, 1.82) is 0 Å². The van der Waals surface area contributed by atoms with Gasteiger partial charge in [-0.05, 0) is 31.9 Å². The first-order valence-corrected chi connectivity index (χ1v) is 9.51. The van der Waals surface area contributed by atoms with E-state index in [1.807, 2.05) is 35.8 Å². The van der Waals surface area contributed by atoms with Gasteiger partial charge in [0.25, 0.3) is 0 Å². The van der Waals surface area contributed by atoms with Crippen molar-refractivity contribution in [3.8, 4) is 17.3 Å². The zero-order valence-electron chi connectivity index (χ0n) is 16.2. The lowest BCUT2D eigenvalue weighted by Gasteiger charge is -2.26. The molecule has 150 valence electrons. The van der Waals surface area contributed by atoms with Crippen LogP contribution in [0.4, 0.5) is 5.82 Å². The van der Waals surface area contributed by atoms with Gasteiger partial charge in [0.15, 0.2) is 23.6 Å². The molecule has 3 aliphatic rings. The Bertz CT molecular complexity index is 848. The summed E-state index contributed by atoms with van der Waals surface area (Å²) in [6.45, 7) is 2.81. The van der Waals surface area contributed by atoms with Gasteiger partial charge in [0.05, 0.1) is 13.2 Å². The minimum absolute atomic E-state index is 0. The minimum Gasteiger partial charge on any atom is -0.497 e. The molecule has 1 fully saturated rings. The van der Waals surface area contributed by atoms with Gasteiger partial charge in [-0.15, -0.1) is 12.4 Å². The molecule has 1 aromatic carbocycles. The normalized spacial score (nSPS) is 15.4. The van der Waals surface area contributed by atoms with Crippen molar-refractivity contribution in [2.45, 2.75) is 44.9 Å². The molecule has 1 saturated carbocycles. The maximum absolute atomic E-state index is 6.53. The number of ether oxygens (including phenoxy) is 2. The summed E-state index contributed by atoms with van der Waals surface area (Å²) in [4.78, 5) is 13.5. The fourth-order valence-corrected chi connectivity index (χ4v) is 3.60. The molecule has 1 atom stereocenters. The first-order chi connectivity index (χ1) is 13.3. The van der Waals surface area contributed by atoms with Gasteiger partial charge >= 0.3 is 0 Å². The molecular weight excluding hydrogens is 378 g/mol. The van der Waals surface area contributed by atoms with Crippen LogP contribution in [0, 0.1) is 0 Å². The van der Waals surface area contributed by atoms with Crippen molar-refractivity contribution >= 4 is 18.2 Å². The molecule has 1 N–H and O–H groups in total. The van der Waals surface area contributed by atoms with Gasteiger partial charge in [-0.25, -0.2) is 15.0 Å². The number of nitrogens with one attached hydrogen (secondary N) is 1. The molecule has 7 nitrogen and oxygen atoms in total. The third-order valence-electron chi connectivity index (χ3n) is 4.98. The molecule has 2 heterocycles. The zero-order chi connectivity index (χ0) is 18.6. The van der Waals surface area contributed by atoms with Crippen molar-refractivity contribution in [3.05, 3.63) is 42.5 Å². The van der Waals surface area contributed by atoms with E-state index in [-0.39, 0.29) is 24.7 Å². The number of fused-ring (bicyclic) bond motifs is 1. The van der Waals surface area contributed by atoms with E-state index < -0.39 is 0 Å². The Morgan fingerprint density at radius 1 is 1.14 bits per heavy atom. The summed E-state index contributed by atoms with van der Waals surface area (Å²) in [6.07, 6.45) is 7.92. The minimum atomic E-state index is -0.304. The van der Waals surface area contributed by atoms with Crippen LogP contribution in [0.1, 0.15) is 44.4 Å². The average molecular weight is 404 g/mol. The monoisotopic (exact) mass is 403 g/mol. The van der Waals surface area contributed by atoms with E-state index in [1.165, 1.54) is 12.8 Å². The van der Waals surface area contributed by atoms with Gasteiger partial charge in [-0.2, -0.15) is 0 Å². The molecule has 1 unspecified atom stereocenters. The van der Waals surface area contributed by atoms with Crippen molar-refractivity contribution in [3.63, 3.8) is 0 Å². The van der Waals surface area contributed by atoms with Crippen LogP contribution in [0.3, 0.4) is 0 Å². The predicted molar refractivity (Wildman–Crippen MR) is 110 cm³/mol. The number of hydrogen-bond donors (Lipinski definition) is 1. The molecule has 0 amide bonds. The Morgan fingerprint density at radius 3 is 2.57 bits per heavy atom. The first kappa shape index (κ1) is 20.4.